The summed E-state index contributed by atoms with van der Waals surface area (Å²) in [6, 6.07) is 5.48. The van der Waals surface area contributed by atoms with E-state index in [0.29, 0.717) is 9.70 Å². The zero-order chi connectivity index (χ0) is 15.6. The van der Waals surface area contributed by atoms with Gasteiger partial charge in [0.25, 0.3) is 0 Å². The number of halogens is 4. The number of hydrogen-bond acceptors (Lipinski definition) is 4. The number of benzene rings is 1. The van der Waals surface area contributed by atoms with Crippen LogP contribution in [0.25, 0.3) is 5.69 Å². The van der Waals surface area contributed by atoms with Gasteiger partial charge in [0.05, 0.1) is 12.3 Å². The molecule has 0 atom stereocenters. The van der Waals surface area contributed by atoms with Crippen LogP contribution in [0.1, 0.15) is 23.1 Å². The number of rotatable bonds is 3. The Morgan fingerprint density at radius 3 is 2.48 bits per heavy atom. The molecule has 0 bridgehead atoms. The molecule has 1 aromatic carbocycles. The molecule has 0 saturated heterocycles. The fourth-order valence-electron chi connectivity index (χ4n) is 1.64. The van der Waals surface area contributed by atoms with Crippen LogP contribution in [0.5, 0.6) is 0 Å². The van der Waals surface area contributed by atoms with Crippen LogP contribution < -0.4 is 0 Å². The number of ether oxygens (including phenoxy) is 1. The van der Waals surface area contributed by atoms with E-state index in [9.17, 15) is 18.0 Å². The highest BCUT2D eigenvalue weighted by molar-refractivity contribution is 6.30. The van der Waals surface area contributed by atoms with Gasteiger partial charge in [0.1, 0.15) is 0 Å². The average molecular weight is 320 g/mol. The third-order valence-electron chi connectivity index (χ3n) is 2.48. The molecule has 0 spiro atoms. The number of nitrogens with zero attached hydrogens (tertiary/aromatic N) is 3. The Labute approximate surface area is 122 Å². The van der Waals surface area contributed by atoms with Crippen molar-refractivity contribution in [2.45, 2.75) is 13.1 Å². The lowest BCUT2D eigenvalue weighted by molar-refractivity contribution is -0.143. The van der Waals surface area contributed by atoms with Crippen molar-refractivity contribution in [2.24, 2.45) is 0 Å². The topological polar surface area (TPSA) is 57.0 Å². The summed E-state index contributed by atoms with van der Waals surface area (Å²) in [6.45, 7) is 1.42. The SMILES string of the molecule is CCOC(=O)c1nnn(-c2ccc(Cl)cc2)c1C(F)(F)F. The number of aromatic nitrogens is 3. The molecule has 1 aromatic heterocycles. The molecule has 0 fully saturated rings. The quantitative estimate of drug-likeness (QED) is 0.816. The van der Waals surface area contributed by atoms with Gasteiger partial charge >= 0.3 is 12.1 Å². The van der Waals surface area contributed by atoms with Gasteiger partial charge in [0.2, 0.25) is 5.69 Å². The molecule has 0 radical (unpaired) electrons. The summed E-state index contributed by atoms with van der Waals surface area (Å²) < 4.78 is 44.6. The molecule has 0 aliphatic rings. The van der Waals surface area contributed by atoms with Crippen molar-refractivity contribution in [3.05, 3.63) is 40.7 Å². The van der Waals surface area contributed by atoms with Crippen LogP contribution in [0.4, 0.5) is 13.2 Å². The Morgan fingerprint density at radius 2 is 1.95 bits per heavy atom. The maximum Gasteiger partial charge on any atom is 0.436 e. The predicted molar refractivity (Wildman–Crippen MR) is 67.3 cm³/mol. The van der Waals surface area contributed by atoms with E-state index in [0.717, 1.165) is 0 Å². The molecule has 0 aliphatic heterocycles. The summed E-state index contributed by atoms with van der Waals surface area (Å²) in [6.07, 6.45) is -4.81. The molecule has 1 heterocycles. The van der Waals surface area contributed by atoms with Crippen LogP contribution in [0, 0.1) is 0 Å². The number of carbonyl (C=O) groups excluding carboxylic acids is 1. The van der Waals surface area contributed by atoms with Gasteiger partial charge < -0.3 is 4.74 Å². The normalized spacial score (nSPS) is 11.5. The Morgan fingerprint density at radius 1 is 1.33 bits per heavy atom. The summed E-state index contributed by atoms with van der Waals surface area (Å²) in [5.74, 6) is -1.18. The van der Waals surface area contributed by atoms with Gasteiger partial charge in [-0.3, -0.25) is 0 Å². The smallest absolute Gasteiger partial charge is 0.436 e. The summed E-state index contributed by atoms with van der Waals surface area (Å²) >= 11 is 5.68. The van der Waals surface area contributed by atoms with Crippen molar-refractivity contribution < 1.29 is 22.7 Å². The number of hydrogen-bond donors (Lipinski definition) is 0. The molecule has 112 valence electrons. The first-order valence-electron chi connectivity index (χ1n) is 5.80. The number of esters is 1. The molecule has 0 aliphatic carbocycles. The zero-order valence-electron chi connectivity index (χ0n) is 10.7. The summed E-state index contributed by atoms with van der Waals surface area (Å²) in [7, 11) is 0. The molecular weight excluding hydrogens is 311 g/mol. The first kappa shape index (κ1) is 15.3. The molecule has 2 aromatic rings. The summed E-state index contributed by atoms with van der Waals surface area (Å²) in [5.41, 5.74) is -2.09. The van der Waals surface area contributed by atoms with Crippen molar-refractivity contribution in [1.29, 1.82) is 0 Å². The van der Waals surface area contributed by atoms with Crippen LogP contribution >= 0.6 is 11.6 Å². The lowest BCUT2D eigenvalue weighted by Gasteiger charge is -2.10. The van der Waals surface area contributed by atoms with Crippen LogP contribution in [0.2, 0.25) is 5.02 Å². The third kappa shape index (κ3) is 3.15. The lowest BCUT2D eigenvalue weighted by Crippen LogP contribution is -2.18. The standard InChI is InChI=1S/C12H9ClF3N3O2/c1-2-21-11(20)9-10(12(14,15)16)19(18-17-9)8-5-3-7(13)4-6-8/h3-6H,2H2,1H3. The predicted octanol–water partition coefficient (Wildman–Crippen LogP) is 3.12. The summed E-state index contributed by atoms with van der Waals surface area (Å²) in [4.78, 5) is 11.6. The zero-order valence-corrected chi connectivity index (χ0v) is 11.4. The highest BCUT2D eigenvalue weighted by Gasteiger charge is 2.42. The molecule has 5 nitrogen and oxygen atoms in total. The minimum atomic E-state index is -4.81. The van der Waals surface area contributed by atoms with E-state index in [1.165, 1.54) is 31.2 Å². The molecule has 0 N–H and O–H groups in total. The highest BCUT2D eigenvalue weighted by Crippen LogP contribution is 2.33. The van der Waals surface area contributed by atoms with Gasteiger partial charge in [-0.1, -0.05) is 16.8 Å². The Kier molecular flexibility index (Phi) is 4.17. The number of alkyl halides is 3. The highest BCUT2D eigenvalue weighted by atomic mass is 35.5. The van der Waals surface area contributed by atoms with E-state index >= 15 is 0 Å². The van der Waals surface area contributed by atoms with Crippen molar-refractivity contribution in [3.63, 3.8) is 0 Å². The Hall–Kier alpha value is -2.09. The second-order valence-electron chi connectivity index (χ2n) is 3.89. The van der Waals surface area contributed by atoms with Gasteiger partial charge in [-0.2, -0.15) is 13.2 Å². The van der Waals surface area contributed by atoms with Crippen LogP contribution in [0.3, 0.4) is 0 Å². The molecule has 0 saturated carbocycles. The third-order valence-corrected chi connectivity index (χ3v) is 2.73. The van der Waals surface area contributed by atoms with Gasteiger partial charge in [-0.15, -0.1) is 5.10 Å². The molecule has 2 rings (SSSR count). The lowest BCUT2D eigenvalue weighted by atomic mass is 10.2. The molecule has 0 unspecified atom stereocenters. The second-order valence-corrected chi connectivity index (χ2v) is 4.33. The van der Waals surface area contributed by atoms with E-state index < -0.39 is 23.5 Å². The largest absolute Gasteiger partial charge is 0.461 e. The molecule has 21 heavy (non-hydrogen) atoms. The van der Waals surface area contributed by atoms with E-state index in [-0.39, 0.29) is 12.3 Å². The monoisotopic (exact) mass is 319 g/mol. The van der Waals surface area contributed by atoms with Crippen LogP contribution in [0.15, 0.2) is 24.3 Å². The summed E-state index contributed by atoms with van der Waals surface area (Å²) in [5, 5.41) is 7.03. The first-order valence-corrected chi connectivity index (χ1v) is 6.18. The fraction of sp³-hybridized carbons (Fsp3) is 0.250. The minimum absolute atomic E-state index is 0.0655. The van der Waals surface area contributed by atoms with E-state index in [2.05, 4.69) is 15.0 Å². The number of carbonyl (C=O) groups is 1. The van der Waals surface area contributed by atoms with Crippen LogP contribution in [-0.4, -0.2) is 27.6 Å². The van der Waals surface area contributed by atoms with Crippen molar-refractivity contribution in [2.75, 3.05) is 6.61 Å². The Bertz CT molecular complexity index is 653. The van der Waals surface area contributed by atoms with E-state index in [1.807, 2.05) is 0 Å². The van der Waals surface area contributed by atoms with Crippen molar-refractivity contribution >= 4 is 17.6 Å². The maximum atomic E-state index is 13.2. The molecule has 9 heteroatoms. The molecule has 0 amide bonds. The van der Waals surface area contributed by atoms with Crippen molar-refractivity contribution in [1.82, 2.24) is 15.0 Å². The average Bonchev–Trinajstić information content (AvgIpc) is 2.84. The molecular formula is C12H9ClF3N3O2. The minimum Gasteiger partial charge on any atom is -0.461 e. The van der Waals surface area contributed by atoms with Gasteiger partial charge in [-0.05, 0) is 31.2 Å². The van der Waals surface area contributed by atoms with Gasteiger partial charge in [0, 0.05) is 5.02 Å². The fourth-order valence-corrected chi connectivity index (χ4v) is 1.76. The van der Waals surface area contributed by atoms with Gasteiger partial charge in [-0.25, -0.2) is 9.48 Å². The van der Waals surface area contributed by atoms with Gasteiger partial charge in [0.15, 0.2) is 5.69 Å². The van der Waals surface area contributed by atoms with Crippen molar-refractivity contribution in [3.8, 4) is 5.69 Å². The van der Waals surface area contributed by atoms with Crippen LogP contribution in [-0.2, 0) is 10.9 Å². The maximum absolute atomic E-state index is 13.2. The first-order chi connectivity index (χ1) is 9.84. The Balaban J connectivity index is 2.57. The van der Waals surface area contributed by atoms with E-state index in [1.54, 1.807) is 0 Å². The second kappa shape index (κ2) is 5.72. The van der Waals surface area contributed by atoms with E-state index in [4.69, 9.17) is 11.6 Å².